The molecule has 72 valence electrons. The number of nitrogens with two attached hydrogens (primary N) is 1. The molecule has 0 saturated carbocycles. The van der Waals surface area contributed by atoms with Gasteiger partial charge in [0.2, 0.25) is 0 Å². The summed E-state index contributed by atoms with van der Waals surface area (Å²) < 4.78 is 0. The first-order valence-electron chi connectivity index (χ1n) is 4.84. The van der Waals surface area contributed by atoms with Crippen molar-refractivity contribution < 1.29 is 0 Å². The molecule has 0 bridgehead atoms. The van der Waals surface area contributed by atoms with Gasteiger partial charge in [-0.05, 0) is 25.0 Å². The highest BCUT2D eigenvalue weighted by Gasteiger charge is 2.13. The molecule has 1 heterocycles. The van der Waals surface area contributed by atoms with E-state index in [2.05, 4.69) is 18.8 Å². The van der Waals surface area contributed by atoms with Crippen LogP contribution < -0.4 is 5.73 Å². The summed E-state index contributed by atoms with van der Waals surface area (Å²) in [5, 5.41) is 0. The normalized spacial score (nSPS) is 15.4. The highest BCUT2D eigenvalue weighted by atomic mass is 14.8. The molecule has 2 heteroatoms. The monoisotopic (exact) mass is 178 g/mol. The van der Waals surface area contributed by atoms with Crippen LogP contribution in [-0.4, -0.2) is 4.98 Å². The second-order valence-corrected chi connectivity index (χ2v) is 3.62. The zero-order valence-electron chi connectivity index (χ0n) is 8.62. The third kappa shape index (κ3) is 2.52. The minimum atomic E-state index is 0.0740. The van der Waals surface area contributed by atoms with Gasteiger partial charge in [0.1, 0.15) is 0 Å². The fourth-order valence-corrected chi connectivity index (χ4v) is 1.30. The standard InChI is InChI=1S/C11H18N2/c1-4-8(2)11(12)10-7-5-6-9(3)13-10/h5-8,11H,4,12H2,1-3H3/t8?,11-/m1/s1. The van der Waals surface area contributed by atoms with Crippen molar-refractivity contribution in [1.82, 2.24) is 4.98 Å². The molecule has 0 aliphatic carbocycles. The molecule has 1 rings (SSSR count). The summed E-state index contributed by atoms with van der Waals surface area (Å²) in [4.78, 5) is 4.42. The third-order valence-corrected chi connectivity index (χ3v) is 2.51. The maximum absolute atomic E-state index is 6.06. The molecule has 0 aliphatic rings. The first kappa shape index (κ1) is 10.2. The number of hydrogen-bond donors (Lipinski definition) is 1. The van der Waals surface area contributed by atoms with Crippen molar-refractivity contribution in [3.05, 3.63) is 29.6 Å². The van der Waals surface area contributed by atoms with E-state index in [1.165, 1.54) is 0 Å². The van der Waals surface area contributed by atoms with E-state index in [4.69, 9.17) is 5.73 Å². The molecule has 2 nitrogen and oxygen atoms in total. The summed E-state index contributed by atoms with van der Waals surface area (Å²) in [6.07, 6.45) is 1.09. The number of pyridine rings is 1. The molecular weight excluding hydrogens is 160 g/mol. The lowest BCUT2D eigenvalue weighted by molar-refractivity contribution is 0.448. The second kappa shape index (κ2) is 4.38. The number of aryl methyl sites for hydroxylation is 1. The molecule has 1 aromatic rings. The maximum atomic E-state index is 6.06. The zero-order valence-corrected chi connectivity index (χ0v) is 8.62. The Balaban J connectivity index is 2.82. The van der Waals surface area contributed by atoms with Gasteiger partial charge in [-0.3, -0.25) is 4.98 Å². The Morgan fingerprint density at radius 3 is 2.69 bits per heavy atom. The second-order valence-electron chi connectivity index (χ2n) is 3.62. The largest absolute Gasteiger partial charge is 0.322 e. The van der Waals surface area contributed by atoms with Crippen LogP contribution >= 0.6 is 0 Å². The number of rotatable bonds is 3. The number of aromatic nitrogens is 1. The fraction of sp³-hybridized carbons (Fsp3) is 0.545. The quantitative estimate of drug-likeness (QED) is 0.772. The van der Waals surface area contributed by atoms with E-state index in [-0.39, 0.29) is 6.04 Å². The molecule has 0 fully saturated rings. The topological polar surface area (TPSA) is 38.9 Å². The molecule has 1 aromatic heterocycles. The number of hydrogen-bond acceptors (Lipinski definition) is 2. The lowest BCUT2D eigenvalue weighted by Gasteiger charge is -2.17. The van der Waals surface area contributed by atoms with Gasteiger partial charge in [-0.25, -0.2) is 0 Å². The van der Waals surface area contributed by atoms with E-state index >= 15 is 0 Å². The van der Waals surface area contributed by atoms with Crippen LogP contribution in [-0.2, 0) is 0 Å². The predicted molar refractivity (Wildman–Crippen MR) is 55.4 cm³/mol. The van der Waals surface area contributed by atoms with Crippen molar-refractivity contribution in [3.8, 4) is 0 Å². The van der Waals surface area contributed by atoms with Crippen molar-refractivity contribution in [3.63, 3.8) is 0 Å². The average molecular weight is 178 g/mol. The van der Waals surface area contributed by atoms with Gasteiger partial charge in [0.05, 0.1) is 5.69 Å². The van der Waals surface area contributed by atoms with E-state index in [0.29, 0.717) is 5.92 Å². The van der Waals surface area contributed by atoms with Crippen LogP contribution in [0.1, 0.15) is 37.7 Å². The van der Waals surface area contributed by atoms with Crippen molar-refractivity contribution in [2.45, 2.75) is 33.2 Å². The molecule has 2 atom stereocenters. The summed E-state index contributed by atoms with van der Waals surface area (Å²) in [7, 11) is 0. The van der Waals surface area contributed by atoms with Crippen LogP contribution in [0.25, 0.3) is 0 Å². The molecular formula is C11H18N2. The molecule has 2 N–H and O–H groups in total. The highest BCUT2D eigenvalue weighted by Crippen LogP contribution is 2.19. The van der Waals surface area contributed by atoms with Crippen molar-refractivity contribution in [2.75, 3.05) is 0 Å². The van der Waals surface area contributed by atoms with Crippen LogP contribution in [0.5, 0.6) is 0 Å². The van der Waals surface area contributed by atoms with Gasteiger partial charge in [-0.15, -0.1) is 0 Å². The first-order valence-corrected chi connectivity index (χ1v) is 4.84. The Bertz CT molecular complexity index is 271. The molecule has 0 aromatic carbocycles. The molecule has 0 radical (unpaired) electrons. The summed E-state index contributed by atoms with van der Waals surface area (Å²) in [6.45, 7) is 6.31. The number of nitrogens with zero attached hydrogens (tertiary/aromatic N) is 1. The van der Waals surface area contributed by atoms with Gasteiger partial charge in [0.25, 0.3) is 0 Å². The van der Waals surface area contributed by atoms with Crippen LogP contribution in [0.3, 0.4) is 0 Å². The van der Waals surface area contributed by atoms with Crippen LogP contribution in [0, 0.1) is 12.8 Å². The Morgan fingerprint density at radius 1 is 1.46 bits per heavy atom. The minimum Gasteiger partial charge on any atom is -0.322 e. The van der Waals surface area contributed by atoms with E-state index in [1.54, 1.807) is 0 Å². The van der Waals surface area contributed by atoms with E-state index in [9.17, 15) is 0 Å². The maximum Gasteiger partial charge on any atom is 0.0576 e. The SMILES string of the molecule is CCC(C)[C@@H](N)c1cccc(C)n1. The van der Waals surface area contributed by atoms with Crippen molar-refractivity contribution in [2.24, 2.45) is 11.7 Å². The minimum absolute atomic E-state index is 0.0740. The van der Waals surface area contributed by atoms with E-state index < -0.39 is 0 Å². The summed E-state index contributed by atoms with van der Waals surface area (Å²) in [5.41, 5.74) is 8.10. The molecule has 0 spiro atoms. The smallest absolute Gasteiger partial charge is 0.0576 e. The van der Waals surface area contributed by atoms with Crippen molar-refractivity contribution >= 4 is 0 Å². The third-order valence-electron chi connectivity index (χ3n) is 2.51. The van der Waals surface area contributed by atoms with Gasteiger partial charge in [0, 0.05) is 11.7 Å². The van der Waals surface area contributed by atoms with Gasteiger partial charge in [0.15, 0.2) is 0 Å². The fourth-order valence-electron chi connectivity index (χ4n) is 1.30. The van der Waals surface area contributed by atoms with E-state index in [0.717, 1.165) is 17.8 Å². The zero-order chi connectivity index (χ0) is 9.84. The molecule has 13 heavy (non-hydrogen) atoms. The van der Waals surface area contributed by atoms with Gasteiger partial charge >= 0.3 is 0 Å². The van der Waals surface area contributed by atoms with Crippen LogP contribution in [0.15, 0.2) is 18.2 Å². The molecule has 0 amide bonds. The Hall–Kier alpha value is -0.890. The Labute approximate surface area is 80.2 Å². The molecule has 0 aliphatic heterocycles. The summed E-state index contributed by atoms with van der Waals surface area (Å²) in [6, 6.07) is 6.08. The van der Waals surface area contributed by atoms with Gasteiger partial charge in [-0.2, -0.15) is 0 Å². The lowest BCUT2D eigenvalue weighted by Crippen LogP contribution is -2.19. The Morgan fingerprint density at radius 2 is 2.15 bits per heavy atom. The molecule has 0 saturated heterocycles. The van der Waals surface area contributed by atoms with E-state index in [1.807, 2.05) is 25.1 Å². The first-order chi connectivity index (χ1) is 6.15. The summed E-state index contributed by atoms with van der Waals surface area (Å²) >= 11 is 0. The van der Waals surface area contributed by atoms with Gasteiger partial charge in [-0.1, -0.05) is 26.3 Å². The van der Waals surface area contributed by atoms with Gasteiger partial charge < -0.3 is 5.73 Å². The Kier molecular flexibility index (Phi) is 3.43. The van der Waals surface area contributed by atoms with Crippen LogP contribution in [0.2, 0.25) is 0 Å². The molecule has 1 unspecified atom stereocenters. The predicted octanol–water partition coefficient (Wildman–Crippen LogP) is 2.44. The average Bonchev–Trinajstić information content (AvgIpc) is 2.15. The van der Waals surface area contributed by atoms with Crippen LogP contribution in [0.4, 0.5) is 0 Å². The highest BCUT2D eigenvalue weighted by molar-refractivity contribution is 5.13. The summed E-state index contributed by atoms with van der Waals surface area (Å²) in [5.74, 6) is 0.495. The van der Waals surface area contributed by atoms with Crippen molar-refractivity contribution in [1.29, 1.82) is 0 Å². The lowest BCUT2D eigenvalue weighted by atomic mass is 9.97.